The summed E-state index contributed by atoms with van der Waals surface area (Å²) < 4.78 is 2.03. The zero-order chi connectivity index (χ0) is 42.2. The minimum atomic E-state index is -2.06. The summed E-state index contributed by atoms with van der Waals surface area (Å²) >= 11 is 0. The van der Waals surface area contributed by atoms with E-state index in [0.29, 0.717) is 33.7 Å². The molecule has 10 aromatic heterocycles. The number of hydrogen-bond acceptors (Lipinski definition) is 17. The Balaban J connectivity index is 1.22. The number of benzene rings is 2. The Labute approximate surface area is 358 Å². The number of nitrogens with zero attached hydrogens (tertiary/aromatic N) is 17. The molecule has 64 heavy (non-hydrogen) atoms. The fourth-order valence-corrected chi connectivity index (χ4v) is 8.77. The lowest BCUT2D eigenvalue weighted by Crippen LogP contribution is -2.59. The van der Waals surface area contributed by atoms with Crippen LogP contribution in [0, 0.1) is 0 Å². The van der Waals surface area contributed by atoms with Crippen molar-refractivity contribution in [3.8, 4) is 11.4 Å². The third kappa shape index (κ3) is 4.95. The van der Waals surface area contributed by atoms with Gasteiger partial charge in [0.25, 0.3) is 0 Å². The second-order valence-corrected chi connectivity index (χ2v) is 14.9. The summed E-state index contributed by atoms with van der Waals surface area (Å²) in [5.41, 5.74) is -0.0203. The monoisotopic (exact) mass is 837 g/mol. The summed E-state index contributed by atoms with van der Waals surface area (Å²) in [7, 11) is 0. The summed E-state index contributed by atoms with van der Waals surface area (Å²) in [6, 6.07) is 28.8. The minimum Gasteiger partial charge on any atom is -0.344 e. The molecule has 304 valence electrons. The Hall–Kier alpha value is -9.30. The molecule has 0 amide bonds. The van der Waals surface area contributed by atoms with Gasteiger partial charge in [-0.05, 0) is 35.5 Å². The van der Waals surface area contributed by atoms with Crippen molar-refractivity contribution in [3.63, 3.8) is 0 Å². The van der Waals surface area contributed by atoms with Gasteiger partial charge in [0.15, 0.2) is 34.6 Å². The van der Waals surface area contributed by atoms with E-state index in [9.17, 15) is 0 Å². The van der Waals surface area contributed by atoms with E-state index >= 15 is 0 Å². The molecular formula is C44H27N19O. The molecule has 2 atom stereocenters. The maximum absolute atomic E-state index is 7.73. The van der Waals surface area contributed by atoms with E-state index in [0.717, 1.165) is 27.2 Å². The largest absolute Gasteiger partial charge is 0.344 e. The third-order valence-electron chi connectivity index (χ3n) is 11.5. The molecule has 20 heteroatoms. The van der Waals surface area contributed by atoms with Gasteiger partial charge in [-0.1, -0.05) is 54.6 Å². The van der Waals surface area contributed by atoms with Crippen molar-refractivity contribution in [2.75, 3.05) is 10.2 Å². The summed E-state index contributed by atoms with van der Waals surface area (Å²) in [6.45, 7) is 0. The van der Waals surface area contributed by atoms with Gasteiger partial charge in [0.1, 0.15) is 28.2 Å². The van der Waals surface area contributed by atoms with Crippen LogP contribution in [0.25, 0.3) is 60.8 Å². The van der Waals surface area contributed by atoms with E-state index in [2.05, 4.69) is 45.5 Å². The van der Waals surface area contributed by atoms with Crippen LogP contribution in [0.3, 0.4) is 0 Å². The number of anilines is 2. The van der Waals surface area contributed by atoms with Crippen molar-refractivity contribution in [2.24, 2.45) is 0 Å². The van der Waals surface area contributed by atoms with E-state index in [4.69, 9.17) is 40.0 Å². The third-order valence-corrected chi connectivity index (χ3v) is 11.5. The van der Waals surface area contributed by atoms with Crippen LogP contribution in [0.4, 0.5) is 11.6 Å². The van der Waals surface area contributed by atoms with Gasteiger partial charge in [0.2, 0.25) is 11.1 Å². The number of pyridine rings is 1. The Morgan fingerprint density at radius 3 is 2.38 bits per heavy atom. The summed E-state index contributed by atoms with van der Waals surface area (Å²) in [5, 5.41) is 38.2. The summed E-state index contributed by atoms with van der Waals surface area (Å²) in [6.07, 6.45) is 17.0. The fraction of sp³-hybridized carbons (Fsp3) is 0.0455. The zero-order valence-corrected chi connectivity index (χ0v) is 32.9. The van der Waals surface area contributed by atoms with Crippen molar-refractivity contribution in [2.45, 2.75) is 11.1 Å². The fourth-order valence-electron chi connectivity index (χ4n) is 8.77. The smallest absolute Gasteiger partial charge is 0.239 e. The number of hydrazine groups is 1. The first-order chi connectivity index (χ1) is 31.7. The van der Waals surface area contributed by atoms with E-state index in [1.54, 1.807) is 65.6 Å². The predicted molar refractivity (Wildman–Crippen MR) is 231 cm³/mol. The maximum Gasteiger partial charge on any atom is 0.239 e. The molecule has 12 aromatic rings. The summed E-state index contributed by atoms with van der Waals surface area (Å²) in [4.78, 5) is 49.7. The maximum atomic E-state index is 7.73. The predicted octanol–water partition coefficient (Wildman–Crippen LogP) is 5.47. The van der Waals surface area contributed by atoms with Gasteiger partial charge >= 0.3 is 0 Å². The molecule has 1 saturated heterocycles. The van der Waals surface area contributed by atoms with Gasteiger partial charge in [-0.25, -0.2) is 44.7 Å². The lowest BCUT2D eigenvalue weighted by molar-refractivity contribution is -0.0211. The van der Waals surface area contributed by atoms with Crippen molar-refractivity contribution in [1.82, 2.24) is 85.1 Å². The Morgan fingerprint density at radius 1 is 0.609 bits per heavy atom. The lowest BCUT2D eigenvalue weighted by atomic mass is 9.71. The quantitative estimate of drug-likeness (QED) is 0.203. The van der Waals surface area contributed by atoms with Crippen LogP contribution in [-0.2, 0) is 16.0 Å². The molecule has 13 rings (SSSR count). The van der Waals surface area contributed by atoms with Crippen LogP contribution < -0.4 is 10.2 Å². The molecular weight excluding hydrogens is 811 g/mol. The van der Waals surface area contributed by atoms with Gasteiger partial charge < -0.3 is 14.4 Å². The van der Waals surface area contributed by atoms with Crippen LogP contribution in [-0.4, -0.2) is 85.1 Å². The number of aromatic nitrogens is 17. The normalized spacial score (nSPS) is 17.7. The van der Waals surface area contributed by atoms with Crippen LogP contribution in [0.15, 0.2) is 153 Å². The second kappa shape index (κ2) is 13.6. The molecule has 0 bridgehead atoms. The molecule has 0 spiro atoms. The highest BCUT2D eigenvalue weighted by Crippen LogP contribution is 2.61. The molecule has 1 aliphatic heterocycles. The number of hydrogen-bond donors (Lipinski definition) is 2. The average molecular weight is 838 g/mol. The van der Waals surface area contributed by atoms with Crippen molar-refractivity contribution in [3.05, 3.63) is 176 Å². The van der Waals surface area contributed by atoms with Gasteiger partial charge in [0, 0.05) is 70.4 Å². The van der Waals surface area contributed by atoms with Crippen LogP contribution in [0.5, 0.6) is 0 Å². The highest BCUT2D eigenvalue weighted by Gasteiger charge is 2.75. The van der Waals surface area contributed by atoms with Gasteiger partial charge in [-0.2, -0.15) is 20.4 Å². The molecule has 11 heterocycles. The van der Waals surface area contributed by atoms with Gasteiger partial charge in [-0.15, -0.1) is 15.4 Å². The van der Waals surface area contributed by atoms with Crippen molar-refractivity contribution < 1.29 is 4.84 Å². The molecule has 0 aliphatic carbocycles. The molecule has 2 aromatic carbocycles. The average Bonchev–Trinajstić information content (AvgIpc) is 4.16. The number of fused-ring (bicyclic) bond motifs is 5. The zero-order valence-electron chi connectivity index (χ0n) is 32.9. The van der Waals surface area contributed by atoms with E-state index in [1.807, 2.05) is 95.8 Å². The molecule has 2 N–H and O–H groups in total. The van der Waals surface area contributed by atoms with Crippen LogP contribution >= 0.6 is 0 Å². The number of aromatic amines is 2. The standard InChI is InChI=1S/C44H27N19O/c1-3-10-28-27(9-1)23-52-59-36(28)44(42-49-24-31-38(55-42)46-19-18-45-31)43(34-13-7-16-50-57-34,41-48-25-32-39(56-41)54-37(53-32)30-15-21-61-20-6-5-12-33(30)61)62(35-14-17-51-60-58-35)63(64-44)40-29-11-4-2-8-26(29)22-47-40/h1-25,47H,(H,48,53,54,56). The van der Waals surface area contributed by atoms with E-state index < -0.39 is 11.1 Å². The van der Waals surface area contributed by atoms with Crippen molar-refractivity contribution >= 4 is 61.0 Å². The number of rotatable bonds is 7. The van der Waals surface area contributed by atoms with E-state index in [-0.39, 0.29) is 34.5 Å². The molecule has 20 nitrogen and oxygen atoms in total. The van der Waals surface area contributed by atoms with Crippen molar-refractivity contribution in [1.29, 1.82) is 0 Å². The first-order valence-electron chi connectivity index (χ1n) is 19.9. The first-order valence-corrected chi connectivity index (χ1v) is 19.9. The molecule has 1 aliphatic rings. The lowest BCUT2D eigenvalue weighted by Gasteiger charge is -2.42. The first kappa shape index (κ1) is 35.5. The number of nitrogens with one attached hydrogen (secondary N) is 2. The topological polar surface area (TPSA) is 232 Å². The SMILES string of the molecule is c1cnnc(C2(c3ncc4[nH]c(-c5ccn6ccccc56)nc4n3)N(c3ccnnn3)N(c3[nH]cc4ccccc34)OC2(c2ncc3nccnc3n2)c2nncc3ccccc23)c1. The molecule has 1 fully saturated rings. The number of H-pyrrole nitrogens is 2. The molecule has 2 unspecified atom stereocenters. The number of imidazole rings is 1. The van der Waals surface area contributed by atoms with Gasteiger partial charge in [-0.3, -0.25) is 0 Å². The minimum absolute atomic E-state index is 0.0777. The van der Waals surface area contributed by atoms with E-state index in [1.165, 1.54) is 6.20 Å². The second-order valence-electron chi connectivity index (χ2n) is 14.9. The van der Waals surface area contributed by atoms with Crippen LogP contribution in [0.1, 0.15) is 23.0 Å². The Kier molecular flexibility index (Phi) is 7.54. The molecule has 0 saturated carbocycles. The summed E-state index contributed by atoms with van der Waals surface area (Å²) in [5.74, 6) is 1.51. The highest BCUT2D eigenvalue weighted by molar-refractivity contribution is 5.94. The molecule has 0 radical (unpaired) electrons. The van der Waals surface area contributed by atoms with Crippen LogP contribution in [0.2, 0.25) is 0 Å². The highest BCUT2D eigenvalue weighted by atomic mass is 16.8. The van der Waals surface area contributed by atoms with Gasteiger partial charge in [0.05, 0.1) is 30.3 Å². The Morgan fingerprint density at radius 2 is 1.47 bits per heavy atom. The Bertz CT molecular complexity index is 3730.